The van der Waals surface area contributed by atoms with Crippen molar-refractivity contribution in [3.05, 3.63) is 64.7 Å². The molecule has 1 atom stereocenters. The standard InChI is InChI=1S/C15H13ClN2O2S/c1-11(13-3-2-4-14(16)9-13)18-21(19,20)15-7-5-12(10-17)6-8-15/h2-9,11,18H,1H3/t11-/m1/s1. The van der Waals surface area contributed by atoms with Crippen molar-refractivity contribution in [3.8, 4) is 6.07 Å². The third-order valence-electron chi connectivity index (χ3n) is 2.97. The molecule has 0 radical (unpaired) electrons. The predicted molar refractivity (Wildman–Crippen MR) is 81.3 cm³/mol. The van der Waals surface area contributed by atoms with Gasteiger partial charge in [0.15, 0.2) is 0 Å². The van der Waals surface area contributed by atoms with Crippen molar-refractivity contribution < 1.29 is 8.42 Å². The van der Waals surface area contributed by atoms with Crippen LogP contribution in [0.25, 0.3) is 0 Å². The Bertz CT molecular complexity index is 780. The van der Waals surface area contributed by atoms with Crippen molar-refractivity contribution in [2.24, 2.45) is 0 Å². The Morgan fingerprint density at radius 1 is 1.19 bits per heavy atom. The zero-order chi connectivity index (χ0) is 15.5. The lowest BCUT2D eigenvalue weighted by atomic mass is 10.1. The maximum absolute atomic E-state index is 12.3. The number of hydrogen-bond donors (Lipinski definition) is 1. The molecule has 0 saturated carbocycles. The van der Waals surface area contributed by atoms with Gasteiger partial charge in [0.05, 0.1) is 16.5 Å². The highest BCUT2D eigenvalue weighted by atomic mass is 35.5. The van der Waals surface area contributed by atoms with Gasteiger partial charge in [-0.2, -0.15) is 5.26 Å². The first-order valence-corrected chi connectivity index (χ1v) is 8.06. The molecule has 108 valence electrons. The average molecular weight is 321 g/mol. The summed E-state index contributed by atoms with van der Waals surface area (Å²) in [7, 11) is -3.65. The number of nitrogens with zero attached hydrogens (tertiary/aromatic N) is 1. The Labute approximate surface area is 129 Å². The monoisotopic (exact) mass is 320 g/mol. The molecule has 0 bridgehead atoms. The van der Waals surface area contributed by atoms with Crippen LogP contribution >= 0.6 is 11.6 Å². The molecule has 0 aromatic heterocycles. The lowest BCUT2D eigenvalue weighted by molar-refractivity contribution is 0.567. The molecule has 0 aliphatic rings. The first-order valence-electron chi connectivity index (χ1n) is 6.20. The third-order valence-corrected chi connectivity index (χ3v) is 4.77. The second-order valence-corrected chi connectivity index (χ2v) is 6.68. The van der Waals surface area contributed by atoms with Gasteiger partial charge in [0.25, 0.3) is 0 Å². The molecular formula is C15H13ClN2O2S. The minimum absolute atomic E-state index is 0.121. The van der Waals surface area contributed by atoms with E-state index < -0.39 is 16.1 Å². The fourth-order valence-electron chi connectivity index (χ4n) is 1.85. The highest BCUT2D eigenvalue weighted by Crippen LogP contribution is 2.20. The molecule has 0 spiro atoms. The van der Waals surface area contributed by atoms with Crippen LogP contribution in [0.4, 0.5) is 0 Å². The first kappa shape index (κ1) is 15.5. The van der Waals surface area contributed by atoms with Crippen LogP contribution < -0.4 is 4.72 Å². The van der Waals surface area contributed by atoms with Crippen LogP contribution in [0.5, 0.6) is 0 Å². The number of nitrogens with one attached hydrogen (secondary N) is 1. The van der Waals surface area contributed by atoms with E-state index in [1.807, 2.05) is 6.07 Å². The van der Waals surface area contributed by atoms with E-state index >= 15 is 0 Å². The van der Waals surface area contributed by atoms with Crippen molar-refractivity contribution in [1.29, 1.82) is 5.26 Å². The lowest BCUT2D eigenvalue weighted by Gasteiger charge is -2.15. The van der Waals surface area contributed by atoms with Gasteiger partial charge in [0.2, 0.25) is 10.0 Å². The van der Waals surface area contributed by atoms with Gasteiger partial charge in [-0.3, -0.25) is 0 Å². The van der Waals surface area contributed by atoms with Gasteiger partial charge in [-0.1, -0.05) is 23.7 Å². The first-order chi connectivity index (χ1) is 9.92. The highest BCUT2D eigenvalue weighted by Gasteiger charge is 2.18. The van der Waals surface area contributed by atoms with Crippen molar-refractivity contribution in [2.75, 3.05) is 0 Å². The van der Waals surface area contributed by atoms with Gasteiger partial charge in [-0.25, -0.2) is 13.1 Å². The maximum atomic E-state index is 12.3. The summed E-state index contributed by atoms with van der Waals surface area (Å²) in [4.78, 5) is 0.121. The van der Waals surface area contributed by atoms with Crippen molar-refractivity contribution in [3.63, 3.8) is 0 Å². The molecule has 4 nitrogen and oxygen atoms in total. The Hall–Kier alpha value is -1.87. The number of halogens is 1. The van der Waals surface area contributed by atoms with E-state index in [0.29, 0.717) is 10.6 Å². The molecule has 0 aliphatic carbocycles. The van der Waals surface area contributed by atoms with E-state index in [0.717, 1.165) is 5.56 Å². The van der Waals surface area contributed by atoms with Gasteiger partial charge in [-0.15, -0.1) is 0 Å². The largest absolute Gasteiger partial charge is 0.241 e. The molecule has 0 aliphatic heterocycles. The second kappa shape index (κ2) is 6.27. The SMILES string of the molecule is C[C@@H](NS(=O)(=O)c1ccc(C#N)cc1)c1cccc(Cl)c1. The van der Waals surface area contributed by atoms with Crippen LogP contribution in [-0.4, -0.2) is 8.42 Å². The summed E-state index contributed by atoms with van der Waals surface area (Å²) >= 11 is 5.90. The molecule has 21 heavy (non-hydrogen) atoms. The summed E-state index contributed by atoms with van der Waals surface area (Å²) in [6.07, 6.45) is 0. The second-order valence-electron chi connectivity index (χ2n) is 4.53. The van der Waals surface area contributed by atoms with Crippen LogP contribution in [0.3, 0.4) is 0 Å². The molecule has 0 heterocycles. The molecule has 2 aromatic rings. The van der Waals surface area contributed by atoms with E-state index in [4.69, 9.17) is 16.9 Å². The number of hydrogen-bond acceptors (Lipinski definition) is 3. The fraction of sp³-hybridized carbons (Fsp3) is 0.133. The molecule has 0 unspecified atom stereocenters. The van der Waals surface area contributed by atoms with E-state index in [-0.39, 0.29) is 4.90 Å². The zero-order valence-electron chi connectivity index (χ0n) is 11.2. The summed E-state index contributed by atoms with van der Waals surface area (Å²) in [5.74, 6) is 0. The molecule has 2 aromatic carbocycles. The normalized spacial score (nSPS) is 12.6. The minimum Gasteiger partial charge on any atom is -0.207 e. The molecule has 0 saturated heterocycles. The maximum Gasteiger partial charge on any atom is 0.241 e. The molecular weight excluding hydrogens is 308 g/mol. The Morgan fingerprint density at radius 3 is 2.43 bits per heavy atom. The summed E-state index contributed by atoms with van der Waals surface area (Å²) in [6, 6.07) is 14.3. The highest BCUT2D eigenvalue weighted by molar-refractivity contribution is 7.89. The van der Waals surface area contributed by atoms with E-state index in [9.17, 15) is 8.42 Å². The number of rotatable bonds is 4. The molecule has 1 N–H and O–H groups in total. The zero-order valence-corrected chi connectivity index (χ0v) is 12.8. The number of nitriles is 1. The van der Waals surface area contributed by atoms with Gasteiger partial charge in [0, 0.05) is 11.1 Å². The summed E-state index contributed by atoms with van der Waals surface area (Å²) < 4.78 is 27.1. The number of benzene rings is 2. The van der Waals surface area contributed by atoms with Gasteiger partial charge < -0.3 is 0 Å². The van der Waals surface area contributed by atoms with Crippen LogP contribution in [0.1, 0.15) is 24.1 Å². The predicted octanol–water partition coefficient (Wildman–Crippen LogP) is 3.25. The molecule has 2 rings (SSSR count). The third kappa shape index (κ3) is 3.82. The van der Waals surface area contributed by atoms with Crippen LogP contribution in [0, 0.1) is 11.3 Å². The summed E-state index contributed by atoms with van der Waals surface area (Å²) in [6.45, 7) is 1.74. The quantitative estimate of drug-likeness (QED) is 0.940. The molecule has 0 amide bonds. The fourth-order valence-corrected chi connectivity index (χ4v) is 3.28. The van der Waals surface area contributed by atoms with Crippen LogP contribution in [0.2, 0.25) is 5.02 Å². The topological polar surface area (TPSA) is 70.0 Å². The number of sulfonamides is 1. The minimum atomic E-state index is -3.65. The summed E-state index contributed by atoms with van der Waals surface area (Å²) in [5.41, 5.74) is 1.19. The van der Waals surface area contributed by atoms with Gasteiger partial charge in [0.1, 0.15) is 0 Å². The Kier molecular flexibility index (Phi) is 4.63. The van der Waals surface area contributed by atoms with Crippen LogP contribution in [-0.2, 0) is 10.0 Å². The van der Waals surface area contributed by atoms with Crippen molar-refractivity contribution in [2.45, 2.75) is 17.9 Å². The van der Waals surface area contributed by atoms with Crippen molar-refractivity contribution >= 4 is 21.6 Å². The Morgan fingerprint density at radius 2 is 1.86 bits per heavy atom. The van der Waals surface area contributed by atoms with Crippen LogP contribution in [0.15, 0.2) is 53.4 Å². The lowest BCUT2D eigenvalue weighted by Crippen LogP contribution is -2.26. The smallest absolute Gasteiger partial charge is 0.207 e. The van der Waals surface area contributed by atoms with E-state index in [2.05, 4.69) is 4.72 Å². The van der Waals surface area contributed by atoms with Gasteiger partial charge >= 0.3 is 0 Å². The van der Waals surface area contributed by atoms with E-state index in [1.165, 1.54) is 24.3 Å². The summed E-state index contributed by atoms with van der Waals surface area (Å²) in [5, 5.41) is 9.28. The Balaban J connectivity index is 2.22. The van der Waals surface area contributed by atoms with Crippen molar-refractivity contribution in [1.82, 2.24) is 4.72 Å². The van der Waals surface area contributed by atoms with E-state index in [1.54, 1.807) is 31.2 Å². The average Bonchev–Trinajstić information content (AvgIpc) is 2.47. The van der Waals surface area contributed by atoms with Gasteiger partial charge in [-0.05, 0) is 48.9 Å². The molecule has 0 fully saturated rings. The molecule has 6 heteroatoms.